The molecule has 0 aromatic carbocycles. The number of nitrogens with one attached hydrogen (secondary N) is 1. The van der Waals surface area contributed by atoms with E-state index in [1.54, 1.807) is 0 Å². The number of rotatable bonds is 7. The lowest BCUT2D eigenvalue weighted by Crippen LogP contribution is -2.41. The highest BCUT2D eigenvalue weighted by molar-refractivity contribution is 5.85. The molecule has 19 heavy (non-hydrogen) atoms. The lowest BCUT2D eigenvalue weighted by molar-refractivity contribution is -0.146. The van der Waals surface area contributed by atoms with Crippen molar-refractivity contribution in [1.29, 1.82) is 0 Å². The number of aliphatic carboxylic acids is 1. The van der Waals surface area contributed by atoms with E-state index >= 15 is 0 Å². The second-order valence-electron chi connectivity index (χ2n) is 5.37. The molecule has 0 spiro atoms. The van der Waals surface area contributed by atoms with Gasteiger partial charge < -0.3 is 15.5 Å². The molecule has 0 saturated heterocycles. The number of aliphatic hydroxyl groups is 1. The van der Waals surface area contributed by atoms with Crippen molar-refractivity contribution in [3.63, 3.8) is 0 Å². The zero-order chi connectivity index (χ0) is 14.4. The topological polar surface area (TPSA) is 86.6 Å². The van der Waals surface area contributed by atoms with E-state index in [0.717, 1.165) is 19.3 Å². The first kappa shape index (κ1) is 16.0. The highest BCUT2D eigenvalue weighted by atomic mass is 16.4. The van der Waals surface area contributed by atoms with Crippen LogP contribution in [0.25, 0.3) is 0 Å². The molecule has 0 aromatic rings. The molecule has 0 aliphatic heterocycles. The fourth-order valence-electron chi connectivity index (χ4n) is 2.91. The van der Waals surface area contributed by atoms with Crippen molar-refractivity contribution in [2.75, 3.05) is 6.54 Å². The second kappa shape index (κ2) is 7.48. The highest BCUT2D eigenvalue weighted by Gasteiger charge is 2.37. The molecule has 1 fully saturated rings. The molecule has 1 aliphatic rings. The van der Waals surface area contributed by atoms with Gasteiger partial charge in [0.05, 0.1) is 17.9 Å². The van der Waals surface area contributed by atoms with Crippen LogP contribution < -0.4 is 5.32 Å². The first-order valence-electron chi connectivity index (χ1n) is 7.19. The average Bonchev–Trinajstić information content (AvgIpc) is 2.86. The fourth-order valence-corrected chi connectivity index (χ4v) is 2.91. The summed E-state index contributed by atoms with van der Waals surface area (Å²) >= 11 is 0. The number of carbonyl (C=O) groups is 2. The smallest absolute Gasteiger partial charge is 0.307 e. The normalized spacial score (nSPS) is 24.4. The minimum absolute atomic E-state index is 0.180. The Hall–Kier alpha value is -1.10. The van der Waals surface area contributed by atoms with Crippen LogP contribution in [-0.4, -0.2) is 34.7 Å². The standard InChI is InChI=1S/C14H25NO4/c1-3-9(4-2)12(16)8-15-13(17)10-6-5-7-11(10)14(18)19/h9-12,16H,3-8H2,1-2H3,(H,15,17)(H,18,19). The molecule has 110 valence electrons. The number of carboxylic acids is 1. The average molecular weight is 271 g/mol. The summed E-state index contributed by atoms with van der Waals surface area (Å²) in [5.74, 6) is -1.94. The molecule has 1 rings (SSSR count). The van der Waals surface area contributed by atoms with E-state index in [0.29, 0.717) is 12.8 Å². The third-order valence-electron chi connectivity index (χ3n) is 4.25. The zero-order valence-electron chi connectivity index (χ0n) is 11.8. The second-order valence-corrected chi connectivity index (χ2v) is 5.37. The molecule has 0 aromatic heterocycles. The van der Waals surface area contributed by atoms with Gasteiger partial charge in [-0.3, -0.25) is 9.59 Å². The maximum Gasteiger partial charge on any atom is 0.307 e. The number of carboxylic acid groups (broad SMARTS) is 1. The first-order valence-corrected chi connectivity index (χ1v) is 7.19. The van der Waals surface area contributed by atoms with Crippen molar-refractivity contribution in [3.05, 3.63) is 0 Å². The maximum atomic E-state index is 12.0. The highest BCUT2D eigenvalue weighted by Crippen LogP contribution is 2.32. The van der Waals surface area contributed by atoms with Crippen molar-refractivity contribution in [3.8, 4) is 0 Å². The Morgan fingerprint density at radius 3 is 2.32 bits per heavy atom. The molecule has 1 amide bonds. The summed E-state index contributed by atoms with van der Waals surface area (Å²) in [5.41, 5.74) is 0. The molecule has 0 heterocycles. The van der Waals surface area contributed by atoms with E-state index in [1.807, 2.05) is 13.8 Å². The molecule has 5 heteroatoms. The third kappa shape index (κ3) is 4.20. The Morgan fingerprint density at radius 1 is 1.21 bits per heavy atom. The van der Waals surface area contributed by atoms with E-state index in [9.17, 15) is 14.7 Å². The van der Waals surface area contributed by atoms with Crippen LogP contribution in [0, 0.1) is 17.8 Å². The van der Waals surface area contributed by atoms with E-state index in [-0.39, 0.29) is 18.4 Å². The predicted molar refractivity (Wildman–Crippen MR) is 71.6 cm³/mol. The molecular weight excluding hydrogens is 246 g/mol. The Balaban J connectivity index is 2.44. The zero-order valence-corrected chi connectivity index (χ0v) is 11.8. The SMILES string of the molecule is CCC(CC)C(O)CNC(=O)C1CCCC1C(=O)O. The van der Waals surface area contributed by atoms with Crippen LogP contribution >= 0.6 is 0 Å². The van der Waals surface area contributed by atoms with E-state index in [4.69, 9.17) is 5.11 Å². The number of amides is 1. The largest absolute Gasteiger partial charge is 0.481 e. The van der Waals surface area contributed by atoms with Crippen molar-refractivity contribution >= 4 is 11.9 Å². The van der Waals surface area contributed by atoms with Crippen LogP contribution in [-0.2, 0) is 9.59 Å². The minimum Gasteiger partial charge on any atom is -0.481 e. The van der Waals surface area contributed by atoms with Gasteiger partial charge in [-0.05, 0) is 18.8 Å². The number of hydrogen-bond donors (Lipinski definition) is 3. The summed E-state index contributed by atoms with van der Waals surface area (Å²) in [6.45, 7) is 4.24. The fraction of sp³-hybridized carbons (Fsp3) is 0.857. The Bertz CT molecular complexity index is 315. The Kier molecular flexibility index (Phi) is 6.28. The maximum absolute atomic E-state index is 12.0. The number of aliphatic hydroxyl groups excluding tert-OH is 1. The predicted octanol–water partition coefficient (Wildman–Crippen LogP) is 1.40. The van der Waals surface area contributed by atoms with Crippen molar-refractivity contribution in [2.24, 2.45) is 17.8 Å². The van der Waals surface area contributed by atoms with Crippen LogP contribution in [0.15, 0.2) is 0 Å². The number of hydrogen-bond acceptors (Lipinski definition) is 3. The summed E-state index contributed by atoms with van der Waals surface area (Å²) in [7, 11) is 0. The Morgan fingerprint density at radius 2 is 1.79 bits per heavy atom. The summed E-state index contributed by atoms with van der Waals surface area (Å²) in [5, 5.41) is 21.7. The molecule has 3 unspecified atom stereocenters. The lowest BCUT2D eigenvalue weighted by Gasteiger charge is -2.22. The molecule has 1 saturated carbocycles. The van der Waals surface area contributed by atoms with Gasteiger partial charge in [-0.1, -0.05) is 33.1 Å². The molecule has 3 N–H and O–H groups in total. The summed E-state index contributed by atoms with van der Waals surface area (Å²) in [6, 6.07) is 0. The lowest BCUT2D eigenvalue weighted by atomic mass is 9.94. The van der Waals surface area contributed by atoms with E-state index < -0.39 is 23.9 Å². The summed E-state index contributed by atoms with van der Waals surface area (Å²) < 4.78 is 0. The van der Waals surface area contributed by atoms with Crippen LogP contribution in [0.5, 0.6) is 0 Å². The van der Waals surface area contributed by atoms with Crippen molar-refractivity contribution in [1.82, 2.24) is 5.32 Å². The summed E-state index contributed by atoms with van der Waals surface area (Å²) in [4.78, 5) is 23.0. The van der Waals surface area contributed by atoms with Crippen LogP contribution in [0.2, 0.25) is 0 Å². The molecular formula is C14H25NO4. The van der Waals surface area contributed by atoms with Gasteiger partial charge in [0, 0.05) is 6.54 Å². The molecule has 0 bridgehead atoms. The van der Waals surface area contributed by atoms with Gasteiger partial charge in [-0.2, -0.15) is 0 Å². The first-order chi connectivity index (χ1) is 9.01. The van der Waals surface area contributed by atoms with Gasteiger partial charge >= 0.3 is 5.97 Å². The molecule has 1 aliphatic carbocycles. The minimum atomic E-state index is -0.891. The van der Waals surface area contributed by atoms with Gasteiger partial charge in [0.25, 0.3) is 0 Å². The van der Waals surface area contributed by atoms with Crippen LogP contribution in [0.4, 0.5) is 0 Å². The van der Waals surface area contributed by atoms with Crippen molar-refractivity contribution < 1.29 is 19.8 Å². The van der Waals surface area contributed by atoms with Gasteiger partial charge in [0.2, 0.25) is 5.91 Å². The Labute approximate surface area is 114 Å². The van der Waals surface area contributed by atoms with Gasteiger partial charge in [-0.25, -0.2) is 0 Å². The quantitative estimate of drug-likeness (QED) is 0.653. The number of carbonyl (C=O) groups excluding carboxylic acids is 1. The molecule has 3 atom stereocenters. The van der Waals surface area contributed by atoms with Gasteiger partial charge in [0.15, 0.2) is 0 Å². The van der Waals surface area contributed by atoms with E-state index in [2.05, 4.69) is 5.32 Å². The third-order valence-corrected chi connectivity index (χ3v) is 4.25. The van der Waals surface area contributed by atoms with E-state index in [1.165, 1.54) is 0 Å². The van der Waals surface area contributed by atoms with Crippen molar-refractivity contribution in [2.45, 2.75) is 52.1 Å². The van der Waals surface area contributed by atoms with Crippen LogP contribution in [0.1, 0.15) is 46.0 Å². The monoisotopic (exact) mass is 271 g/mol. The molecule has 5 nitrogen and oxygen atoms in total. The summed E-state index contributed by atoms with van der Waals surface area (Å²) in [6.07, 6.45) is 3.17. The van der Waals surface area contributed by atoms with Gasteiger partial charge in [0.1, 0.15) is 0 Å². The van der Waals surface area contributed by atoms with Crippen LogP contribution in [0.3, 0.4) is 0 Å². The van der Waals surface area contributed by atoms with Gasteiger partial charge in [-0.15, -0.1) is 0 Å². The molecule has 0 radical (unpaired) electrons.